The molecule has 1 spiro atoms. The summed E-state index contributed by atoms with van der Waals surface area (Å²) in [7, 11) is -3.24. The summed E-state index contributed by atoms with van der Waals surface area (Å²) >= 11 is 1.52. The van der Waals surface area contributed by atoms with Gasteiger partial charge in [-0.3, -0.25) is 0 Å². The second kappa shape index (κ2) is 7.61. The highest BCUT2D eigenvalue weighted by Gasteiger charge is 2.68. The Bertz CT molecular complexity index is 1270. The predicted octanol–water partition coefficient (Wildman–Crippen LogP) is 5.19. The molecule has 5 aliphatic rings. The van der Waals surface area contributed by atoms with Crippen molar-refractivity contribution >= 4 is 26.9 Å². The molecule has 0 radical (unpaired) electrons. The van der Waals surface area contributed by atoms with Crippen LogP contribution in [0.25, 0.3) is 17.0 Å². The van der Waals surface area contributed by atoms with Crippen molar-refractivity contribution in [3.63, 3.8) is 0 Å². The van der Waals surface area contributed by atoms with Gasteiger partial charge in [0.2, 0.25) is 12.1 Å². The van der Waals surface area contributed by atoms with E-state index in [1.807, 2.05) is 12.3 Å². The van der Waals surface area contributed by atoms with Crippen LogP contribution in [0.15, 0.2) is 40.1 Å². The van der Waals surface area contributed by atoms with Crippen molar-refractivity contribution in [2.75, 3.05) is 6.26 Å². The third kappa shape index (κ3) is 3.32. The molecule has 2 aromatic rings. The van der Waals surface area contributed by atoms with Crippen molar-refractivity contribution < 1.29 is 27.7 Å². The summed E-state index contributed by atoms with van der Waals surface area (Å²) in [5, 5.41) is 2.77. The van der Waals surface area contributed by atoms with Crippen molar-refractivity contribution in [2.24, 2.45) is 17.8 Å². The number of thiazole rings is 1. The maximum atomic E-state index is 11.8. The summed E-state index contributed by atoms with van der Waals surface area (Å²) in [5.74, 6) is 0.885. The number of rotatable bonds is 3. The highest BCUT2D eigenvalue weighted by Crippen LogP contribution is 2.61. The number of hydrogen-bond donors (Lipinski definition) is 0. The summed E-state index contributed by atoms with van der Waals surface area (Å²) < 4.78 is 36.6. The predicted molar refractivity (Wildman–Crippen MR) is 127 cm³/mol. The van der Waals surface area contributed by atoms with Crippen LogP contribution in [0, 0.1) is 17.8 Å². The van der Waals surface area contributed by atoms with E-state index in [-0.39, 0.29) is 5.92 Å². The maximum Gasteiger partial charge on any atom is 0.236 e. The van der Waals surface area contributed by atoms with Crippen LogP contribution in [0.4, 0.5) is 0 Å². The first-order valence-electron chi connectivity index (χ1n) is 11.8. The van der Waals surface area contributed by atoms with Crippen LogP contribution in [0.2, 0.25) is 0 Å². The fraction of sp³-hybridized carbons (Fsp3) is 0.560. The average molecular weight is 504 g/mol. The van der Waals surface area contributed by atoms with E-state index in [2.05, 4.69) is 13.8 Å². The summed E-state index contributed by atoms with van der Waals surface area (Å²) in [4.78, 5) is 17.2. The molecule has 1 aliphatic carbocycles. The van der Waals surface area contributed by atoms with E-state index < -0.39 is 27.5 Å². The molecule has 1 aromatic heterocycles. The number of sulfone groups is 1. The first kappa shape index (κ1) is 22.7. The van der Waals surface area contributed by atoms with E-state index in [0.717, 1.165) is 53.3 Å². The van der Waals surface area contributed by atoms with Crippen LogP contribution in [0.1, 0.15) is 51.5 Å². The zero-order chi connectivity index (χ0) is 23.9. The fourth-order valence-corrected chi connectivity index (χ4v) is 7.73. The number of benzene rings is 1. The lowest BCUT2D eigenvalue weighted by Gasteiger charge is -2.57. The minimum atomic E-state index is -3.24. The van der Waals surface area contributed by atoms with Gasteiger partial charge in [-0.25, -0.2) is 23.2 Å². The van der Waals surface area contributed by atoms with Crippen molar-refractivity contribution in [1.82, 2.24) is 4.98 Å². The first-order chi connectivity index (χ1) is 16.1. The highest BCUT2D eigenvalue weighted by molar-refractivity contribution is 7.90. The van der Waals surface area contributed by atoms with Crippen LogP contribution in [0.3, 0.4) is 0 Å². The molecule has 4 aliphatic heterocycles. The molecule has 0 amide bonds. The van der Waals surface area contributed by atoms with Crippen LogP contribution < -0.4 is 0 Å². The van der Waals surface area contributed by atoms with Gasteiger partial charge in [0.25, 0.3) is 0 Å². The van der Waals surface area contributed by atoms with Gasteiger partial charge < -0.3 is 9.47 Å². The number of nitrogens with zero attached hydrogens (tertiary/aromatic N) is 1. The Morgan fingerprint density at radius 3 is 2.62 bits per heavy atom. The second-order valence-corrected chi connectivity index (χ2v) is 13.2. The third-order valence-electron chi connectivity index (χ3n) is 8.10. The Balaban J connectivity index is 1.38. The molecule has 182 valence electrons. The summed E-state index contributed by atoms with van der Waals surface area (Å²) in [6, 6.07) is 6.82. The van der Waals surface area contributed by atoms with E-state index >= 15 is 0 Å². The number of hydrogen-bond acceptors (Lipinski definition) is 8. The summed E-state index contributed by atoms with van der Waals surface area (Å²) in [6.07, 6.45) is 4.54. The largest absolute Gasteiger partial charge is 0.458 e. The van der Waals surface area contributed by atoms with Crippen molar-refractivity contribution in [1.29, 1.82) is 0 Å². The molecular formula is C25H29NO6S2. The van der Waals surface area contributed by atoms with Crippen molar-refractivity contribution in [2.45, 2.75) is 69.0 Å². The van der Waals surface area contributed by atoms with E-state index in [4.69, 9.17) is 24.2 Å². The molecule has 9 heteroatoms. The standard InChI is InChI=1S/C25H29NO6S2/c1-14-5-10-19-15(2)21(29-23-25(19)18(14)11-12-24(3,30-23)31-32-25)22-26-20(13-33-22)16-6-8-17(9-7-16)34(4,27)28/h6-9,13-14,18-19,23H,5,10-12H2,1-4H3/t14-,18+,19+,23-,24-,25-/m1/s1. The highest BCUT2D eigenvalue weighted by atomic mass is 32.2. The fourth-order valence-electron chi connectivity index (χ4n) is 6.22. The van der Waals surface area contributed by atoms with E-state index in [1.54, 1.807) is 24.3 Å². The molecule has 2 bridgehead atoms. The molecule has 4 fully saturated rings. The van der Waals surface area contributed by atoms with Gasteiger partial charge in [0, 0.05) is 35.5 Å². The molecular weight excluding hydrogens is 474 g/mol. The SMILES string of the molecule is CC1=C(c2nc(-c3ccc(S(C)(=O)=O)cc3)cs2)O[C@@H]2O[C@@]3(C)CC[C@H]4[C@H](C)CC[C@@H]1[C@@]24OO3. The van der Waals surface area contributed by atoms with Gasteiger partial charge in [-0.2, -0.15) is 0 Å². The van der Waals surface area contributed by atoms with Gasteiger partial charge in [-0.15, -0.1) is 11.3 Å². The molecule has 6 atom stereocenters. The van der Waals surface area contributed by atoms with E-state index in [9.17, 15) is 8.42 Å². The minimum absolute atomic E-state index is 0.131. The number of aromatic nitrogens is 1. The molecule has 7 rings (SSSR count). The molecule has 3 saturated heterocycles. The zero-order valence-electron chi connectivity index (χ0n) is 19.7. The Kier molecular flexibility index (Phi) is 5.07. The monoisotopic (exact) mass is 503 g/mol. The van der Waals surface area contributed by atoms with Crippen LogP contribution in [-0.4, -0.2) is 37.3 Å². The van der Waals surface area contributed by atoms with Crippen LogP contribution >= 0.6 is 11.3 Å². The number of ether oxygens (including phenoxy) is 2. The topological polar surface area (TPSA) is 84.0 Å². The molecule has 0 N–H and O–H groups in total. The summed E-state index contributed by atoms with van der Waals surface area (Å²) in [5.41, 5.74) is 2.14. The third-order valence-corrected chi connectivity index (χ3v) is 10.1. The lowest BCUT2D eigenvalue weighted by molar-refractivity contribution is -0.553. The zero-order valence-corrected chi connectivity index (χ0v) is 21.4. The van der Waals surface area contributed by atoms with Gasteiger partial charge >= 0.3 is 0 Å². The normalized spacial score (nSPS) is 37.2. The Morgan fingerprint density at radius 1 is 1.12 bits per heavy atom. The minimum Gasteiger partial charge on any atom is -0.458 e. The smallest absolute Gasteiger partial charge is 0.236 e. The Morgan fingerprint density at radius 2 is 1.88 bits per heavy atom. The molecule has 5 heterocycles. The first-order valence-corrected chi connectivity index (χ1v) is 14.6. The van der Waals surface area contributed by atoms with Gasteiger partial charge in [-0.1, -0.05) is 19.1 Å². The molecule has 7 nitrogen and oxygen atoms in total. The Hall–Kier alpha value is -1.78. The lowest BCUT2D eigenvalue weighted by Crippen LogP contribution is -2.66. The summed E-state index contributed by atoms with van der Waals surface area (Å²) in [6.45, 7) is 6.34. The van der Waals surface area contributed by atoms with Gasteiger partial charge in [0.05, 0.1) is 10.6 Å². The molecule has 1 saturated carbocycles. The average Bonchev–Trinajstić information content (AvgIpc) is 3.17. The van der Waals surface area contributed by atoms with Gasteiger partial charge in [0.15, 0.2) is 26.2 Å². The molecule has 0 unspecified atom stereocenters. The second-order valence-electron chi connectivity index (χ2n) is 10.3. The molecule has 34 heavy (non-hydrogen) atoms. The van der Waals surface area contributed by atoms with Gasteiger partial charge in [0.1, 0.15) is 0 Å². The van der Waals surface area contributed by atoms with Gasteiger partial charge in [-0.05, 0) is 56.7 Å². The van der Waals surface area contributed by atoms with Crippen LogP contribution in [-0.2, 0) is 29.1 Å². The Labute approximate surface area is 203 Å². The molecule has 1 aromatic carbocycles. The van der Waals surface area contributed by atoms with Crippen molar-refractivity contribution in [3.8, 4) is 11.3 Å². The van der Waals surface area contributed by atoms with Crippen molar-refractivity contribution in [3.05, 3.63) is 40.2 Å². The van der Waals surface area contributed by atoms with Crippen LogP contribution in [0.5, 0.6) is 0 Å². The maximum absolute atomic E-state index is 11.8. The quantitative estimate of drug-likeness (QED) is 0.533. The van der Waals surface area contributed by atoms with E-state index in [1.165, 1.54) is 17.6 Å². The van der Waals surface area contributed by atoms with E-state index in [0.29, 0.717) is 16.7 Å². The lowest BCUT2D eigenvalue weighted by atomic mass is 9.59. The number of fused-ring (bicyclic) bond motifs is 2.